The molecule has 0 N–H and O–H groups in total. The van der Waals surface area contributed by atoms with E-state index >= 15 is 0 Å². The van der Waals surface area contributed by atoms with E-state index in [1.54, 1.807) is 0 Å². The molecule has 2 heterocycles. The third-order valence-corrected chi connectivity index (χ3v) is 15.7. The molecule has 0 bridgehead atoms. The minimum absolute atomic E-state index is 1.12. The Bertz CT molecular complexity index is 3890. The summed E-state index contributed by atoms with van der Waals surface area (Å²) in [6.07, 6.45) is 0. The molecule has 0 spiro atoms. The lowest BCUT2D eigenvalue weighted by atomic mass is 9.90. The summed E-state index contributed by atoms with van der Waals surface area (Å²) in [5.74, 6) is 0. The fourth-order valence-electron chi connectivity index (χ4n) is 10.6. The van der Waals surface area contributed by atoms with Crippen LogP contribution in [-0.4, -0.2) is 0 Å². The number of anilines is 6. The minimum Gasteiger partial charge on any atom is -0.309 e. The molecular formula is C60H36N2S2. The Labute approximate surface area is 377 Å². The molecule has 2 nitrogen and oxygen atoms in total. The third kappa shape index (κ3) is 5.18. The van der Waals surface area contributed by atoms with E-state index in [2.05, 4.69) is 228 Å². The van der Waals surface area contributed by atoms with Gasteiger partial charge in [0.25, 0.3) is 0 Å². The number of fused-ring (bicyclic) bond motifs is 10. The maximum absolute atomic E-state index is 2.52. The Hall–Kier alpha value is -7.76. The van der Waals surface area contributed by atoms with Gasteiger partial charge in [-0.1, -0.05) is 158 Å². The molecule has 298 valence electrons. The first kappa shape index (κ1) is 35.8. The Morgan fingerprint density at radius 2 is 0.656 bits per heavy atom. The number of benzene rings is 12. The van der Waals surface area contributed by atoms with Gasteiger partial charge in [-0.3, -0.25) is 0 Å². The van der Waals surface area contributed by atoms with Crippen LogP contribution in [0.25, 0.3) is 94.2 Å². The van der Waals surface area contributed by atoms with Crippen molar-refractivity contribution >= 4 is 151 Å². The highest BCUT2D eigenvalue weighted by Crippen LogP contribution is 2.53. The van der Waals surface area contributed by atoms with Gasteiger partial charge in [0.2, 0.25) is 0 Å². The van der Waals surface area contributed by atoms with E-state index in [0.717, 1.165) is 22.7 Å². The average molecular weight is 849 g/mol. The lowest BCUT2D eigenvalue weighted by Crippen LogP contribution is -2.12. The molecule has 0 radical (unpaired) electrons. The Balaban J connectivity index is 1.08. The predicted octanol–water partition coefficient (Wildman–Crippen LogP) is 18.6. The SMILES string of the molecule is c1ccc(N(c2cc3cccc4cc(N(c5ccccc5)c5cccc6sc7c8ccccc8ccc7c56)c5cccc2c5c34)c2cccc3sc4c5ccccc5ccc4c23)cc1. The monoisotopic (exact) mass is 848 g/mol. The maximum Gasteiger partial charge on any atom is 0.0555 e. The minimum atomic E-state index is 1.12. The van der Waals surface area contributed by atoms with Crippen LogP contribution in [0.1, 0.15) is 0 Å². The number of rotatable bonds is 6. The van der Waals surface area contributed by atoms with Gasteiger partial charge >= 0.3 is 0 Å². The molecule has 14 aromatic rings. The van der Waals surface area contributed by atoms with Gasteiger partial charge in [0.15, 0.2) is 0 Å². The van der Waals surface area contributed by atoms with Crippen LogP contribution in [0.2, 0.25) is 0 Å². The first-order valence-electron chi connectivity index (χ1n) is 21.8. The van der Waals surface area contributed by atoms with Crippen molar-refractivity contribution in [1.82, 2.24) is 0 Å². The van der Waals surface area contributed by atoms with Crippen molar-refractivity contribution < 1.29 is 0 Å². The number of hydrogen-bond acceptors (Lipinski definition) is 4. The van der Waals surface area contributed by atoms with Gasteiger partial charge in [-0.2, -0.15) is 0 Å². The van der Waals surface area contributed by atoms with Crippen molar-refractivity contribution in [2.45, 2.75) is 0 Å². The van der Waals surface area contributed by atoms with Crippen LogP contribution >= 0.6 is 22.7 Å². The highest BCUT2D eigenvalue weighted by atomic mass is 32.1. The van der Waals surface area contributed by atoms with Gasteiger partial charge in [0.1, 0.15) is 0 Å². The van der Waals surface area contributed by atoms with E-state index in [1.807, 2.05) is 22.7 Å². The summed E-state index contributed by atoms with van der Waals surface area (Å²) in [6, 6.07) is 81.0. The molecular weight excluding hydrogens is 813 g/mol. The van der Waals surface area contributed by atoms with E-state index in [-0.39, 0.29) is 0 Å². The largest absolute Gasteiger partial charge is 0.309 e. The molecule has 0 aliphatic carbocycles. The van der Waals surface area contributed by atoms with Crippen LogP contribution in [-0.2, 0) is 0 Å². The molecule has 0 saturated heterocycles. The zero-order valence-corrected chi connectivity index (χ0v) is 36.1. The summed E-state index contributed by atoms with van der Waals surface area (Å²) < 4.78 is 5.22. The third-order valence-electron chi connectivity index (χ3n) is 13.3. The Morgan fingerprint density at radius 1 is 0.250 bits per heavy atom. The van der Waals surface area contributed by atoms with Gasteiger partial charge in [-0.15, -0.1) is 22.7 Å². The number of para-hydroxylation sites is 2. The predicted molar refractivity (Wildman–Crippen MR) is 280 cm³/mol. The van der Waals surface area contributed by atoms with Crippen LogP contribution in [0.4, 0.5) is 34.1 Å². The zero-order valence-electron chi connectivity index (χ0n) is 34.5. The summed E-state index contributed by atoms with van der Waals surface area (Å²) in [6.45, 7) is 0. The van der Waals surface area contributed by atoms with E-state index in [9.17, 15) is 0 Å². The second-order valence-corrected chi connectivity index (χ2v) is 18.9. The second-order valence-electron chi connectivity index (χ2n) is 16.8. The summed E-state index contributed by atoms with van der Waals surface area (Å²) in [4.78, 5) is 5.04. The van der Waals surface area contributed by atoms with Gasteiger partial charge < -0.3 is 9.80 Å². The molecule has 64 heavy (non-hydrogen) atoms. The standard InChI is InChI=1S/C60H36N2S2/c1-3-19-41(20-4-1)61(49-27-13-29-53-57(49)47-33-31-37-15-7-9-23-43(37)59(47)63-53)51-35-39-17-11-18-40-36-52(46-26-12-25-45(51)56(46)55(39)40)62(42-21-5-2-6-22-42)50-28-14-30-54-58(50)48-34-32-38-16-8-10-24-44(38)60(48)64-54/h1-36H. The normalized spacial score (nSPS) is 12.1. The van der Waals surface area contributed by atoms with Gasteiger partial charge in [-0.05, 0) is 98.4 Å². The highest BCUT2D eigenvalue weighted by Gasteiger charge is 2.26. The molecule has 0 atom stereocenters. The van der Waals surface area contributed by atoms with Crippen molar-refractivity contribution in [2.75, 3.05) is 9.80 Å². The maximum atomic E-state index is 2.52. The molecule has 0 aliphatic rings. The zero-order chi connectivity index (χ0) is 41.9. The molecule has 12 aromatic carbocycles. The van der Waals surface area contributed by atoms with Crippen LogP contribution in [0.5, 0.6) is 0 Å². The molecule has 2 aromatic heterocycles. The van der Waals surface area contributed by atoms with E-state index in [0.29, 0.717) is 0 Å². The molecule has 0 fully saturated rings. The van der Waals surface area contributed by atoms with Crippen molar-refractivity contribution in [2.24, 2.45) is 0 Å². The second kappa shape index (κ2) is 13.9. The summed E-state index contributed by atoms with van der Waals surface area (Å²) in [5, 5.41) is 17.7. The molecule has 0 unspecified atom stereocenters. The van der Waals surface area contributed by atoms with Crippen molar-refractivity contribution in [1.29, 1.82) is 0 Å². The number of thiophene rings is 2. The summed E-state index contributed by atoms with van der Waals surface area (Å²) >= 11 is 3.79. The summed E-state index contributed by atoms with van der Waals surface area (Å²) in [7, 11) is 0. The van der Waals surface area contributed by atoms with E-state index in [1.165, 1.54) is 106 Å². The topological polar surface area (TPSA) is 6.48 Å². The van der Waals surface area contributed by atoms with Crippen molar-refractivity contribution in [3.63, 3.8) is 0 Å². The van der Waals surface area contributed by atoms with E-state index < -0.39 is 0 Å². The van der Waals surface area contributed by atoms with Crippen molar-refractivity contribution in [3.05, 3.63) is 218 Å². The van der Waals surface area contributed by atoms with E-state index in [4.69, 9.17) is 0 Å². The molecule has 0 amide bonds. The van der Waals surface area contributed by atoms with Crippen LogP contribution in [0, 0.1) is 0 Å². The van der Waals surface area contributed by atoms with Gasteiger partial charge in [-0.25, -0.2) is 0 Å². The molecule has 0 saturated carbocycles. The highest BCUT2D eigenvalue weighted by molar-refractivity contribution is 7.27. The first-order chi connectivity index (χ1) is 31.8. The molecule has 14 rings (SSSR count). The lowest BCUT2D eigenvalue weighted by molar-refractivity contribution is 1.31. The lowest BCUT2D eigenvalue weighted by Gasteiger charge is -2.31. The van der Waals surface area contributed by atoms with Crippen LogP contribution < -0.4 is 9.80 Å². The van der Waals surface area contributed by atoms with Crippen LogP contribution in [0.3, 0.4) is 0 Å². The fraction of sp³-hybridized carbons (Fsp3) is 0. The Kier molecular flexibility index (Phi) is 7.76. The molecule has 4 heteroatoms. The smallest absolute Gasteiger partial charge is 0.0555 e. The van der Waals surface area contributed by atoms with Gasteiger partial charge in [0.05, 0.1) is 22.7 Å². The number of hydrogen-bond donors (Lipinski definition) is 0. The number of nitrogens with zero attached hydrogens (tertiary/aromatic N) is 2. The van der Waals surface area contributed by atoms with Crippen LogP contribution in [0.15, 0.2) is 218 Å². The van der Waals surface area contributed by atoms with Gasteiger partial charge in [0, 0.05) is 67.9 Å². The summed E-state index contributed by atoms with van der Waals surface area (Å²) in [5.41, 5.74) is 6.92. The average Bonchev–Trinajstić information content (AvgIpc) is 3.95. The molecule has 0 aliphatic heterocycles. The fourth-order valence-corrected chi connectivity index (χ4v) is 13.1. The first-order valence-corrected chi connectivity index (χ1v) is 23.5. The quantitative estimate of drug-likeness (QED) is 0.154. The Morgan fingerprint density at radius 3 is 1.16 bits per heavy atom. The van der Waals surface area contributed by atoms with Crippen molar-refractivity contribution in [3.8, 4) is 0 Å².